The van der Waals surface area contributed by atoms with Crippen LogP contribution in [-0.2, 0) is 23.0 Å². The molecule has 7 heteroatoms. The van der Waals surface area contributed by atoms with Crippen LogP contribution < -0.4 is 4.72 Å². The van der Waals surface area contributed by atoms with Crippen molar-refractivity contribution in [3.05, 3.63) is 51.2 Å². The van der Waals surface area contributed by atoms with Crippen LogP contribution in [0.15, 0.2) is 34.5 Å². The zero-order chi connectivity index (χ0) is 19.1. The van der Waals surface area contributed by atoms with Gasteiger partial charge in [0.05, 0.1) is 4.90 Å². The zero-order valence-electron chi connectivity index (χ0n) is 15.5. The molecule has 1 N–H and O–H groups in total. The molecule has 1 amide bonds. The van der Waals surface area contributed by atoms with Crippen molar-refractivity contribution in [3.8, 4) is 0 Å². The third-order valence-electron chi connectivity index (χ3n) is 4.29. The summed E-state index contributed by atoms with van der Waals surface area (Å²) in [5, 5.41) is 2.05. The van der Waals surface area contributed by atoms with Crippen molar-refractivity contribution in [2.45, 2.75) is 51.1 Å². The van der Waals surface area contributed by atoms with Crippen LogP contribution in [-0.4, -0.2) is 31.3 Å². The quantitative estimate of drug-likeness (QED) is 0.871. The van der Waals surface area contributed by atoms with Gasteiger partial charge in [-0.15, -0.1) is 11.3 Å². The lowest BCUT2D eigenvalue weighted by atomic mass is 10.0. The van der Waals surface area contributed by atoms with Crippen LogP contribution in [0.4, 0.5) is 0 Å². The van der Waals surface area contributed by atoms with Crippen LogP contribution in [0, 0.1) is 6.92 Å². The van der Waals surface area contributed by atoms with Crippen molar-refractivity contribution in [1.29, 1.82) is 0 Å². The molecule has 1 aliphatic rings. The molecule has 3 rings (SSSR count). The lowest BCUT2D eigenvalue weighted by Gasteiger charge is -2.28. The average Bonchev–Trinajstić information content (AvgIpc) is 2.99. The van der Waals surface area contributed by atoms with Crippen LogP contribution in [0.3, 0.4) is 0 Å². The molecular formula is C19H24N2O3S2. The molecule has 0 radical (unpaired) electrons. The maximum atomic E-state index is 13.0. The van der Waals surface area contributed by atoms with E-state index in [2.05, 4.69) is 16.2 Å². The number of nitrogens with zero attached hydrogens (tertiary/aromatic N) is 1. The molecule has 1 aromatic carbocycles. The van der Waals surface area contributed by atoms with Crippen LogP contribution >= 0.6 is 11.3 Å². The Hall–Kier alpha value is -1.70. The fraction of sp³-hybridized carbons (Fsp3) is 0.421. The minimum atomic E-state index is -3.68. The van der Waals surface area contributed by atoms with E-state index in [1.807, 2.05) is 6.92 Å². The van der Waals surface area contributed by atoms with E-state index in [9.17, 15) is 13.2 Å². The number of rotatable bonds is 3. The van der Waals surface area contributed by atoms with Crippen LogP contribution in [0.5, 0.6) is 0 Å². The summed E-state index contributed by atoms with van der Waals surface area (Å²) in [4.78, 5) is 16.3. The summed E-state index contributed by atoms with van der Waals surface area (Å²) in [6.07, 6.45) is 0.849. The summed E-state index contributed by atoms with van der Waals surface area (Å²) in [5.41, 5.74) is 1.82. The number of fused-ring (bicyclic) bond motifs is 1. The van der Waals surface area contributed by atoms with Crippen molar-refractivity contribution in [3.63, 3.8) is 0 Å². The van der Waals surface area contributed by atoms with Gasteiger partial charge in [-0.3, -0.25) is 4.79 Å². The highest BCUT2D eigenvalue weighted by molar-refractivity contribution is 7.89. The number of aryl methyl sites for hydroxylation is 1. The van der Waals surface area contributed by atoms with Crippen LogP contribution in [0.25, 0.3) is 0 Å². The first kappa shape index (κ1) is 19.1. The molecular weight excluding hydrogens is 368 g/mol. The molecule has 0 saturated heterocycles. The first-order valence-corrected chi connectivity index (χ1v) is 10.9. The first-order chi connectivity index (χ1) is 12.1. The Bertz CT molecular complexity index is 940. The van der Waals surface area contributed by atoms with Crippen molar-refractivity contribution >= 4 is 27.3 Å². The van der Waals surface area contributed by atoms with Gasteiger partial charge in [-0.25, -0.2) is 13.1 Å². The van der Waals surface area contributed by atoms with Gasteiger partial charge in [0, 0.05) is 29.1 Å². The van der Waals surface area contributed by atoms with Crippen molar-refractivity contribution in [2.75, 3.05) is 6.54 Å². The Balaban J connectivity index is 1.90. The molecule has 0 aliphatic carbocycles. The number of nitrogens with one attached hydrogen (secondary N) is 1. The van der Waals surface area contributed by atoms with E-state index in [4.69, 9.17) is 0 Å². The Morgan fingerprint density at radius 2 is 1.96 bits per heavy atom. The zero-order valence-corrected chi connectivity index (χ0v) is 17.1. The summed E-state index contributed by atoms with van der Waals surface area (Å²) < 4.78 is 27.8. The average molecular weight is 393 g/mol. The van der Waals surface area contributed by atoms with Gasteiger partial charge in [0.2, 0.25) is 10.0 Å². The van der Waals surface area contributed by atoms with E-state index in [1.54, 1.807) is 49.1 Å². The van der Waals surface area contributed by atoms with Gasteiger partial charge in [0.1, 0.15) is 0 Å². The third-order valence-corrected chi connectivity index (χ3v) is 7.06. The number of thiophene rings is 1. The molecule has 1 aliphatic heterocycles. The predicted octanol–water partition coefficient (Wildman–Crippen LogP) is 3.33. The highest BCUT2D eigenvalue weighted by Crippen LogP contribution is 2.26. The maximum absolute atomic E-state index is 13.0. The molecule has 140 valence electrons. The molecule has 1 aromatic heterocycles. The Morgan fingerprint density at radius 1 is 1.23 bits per heavy atom. The minimum absolute atomic E-state index is 0.118. The van der Waals surface area contributed by atoms with Crippen molar-refractivity contribution < 1.29 is 13.2 Å². The van der Waals surface area contributed by atoms with Gasteiger partial charge in [0.15, 0.2) is 0 Å². The van der Waals surface area contributed by atoms with E-state index in [1.165, 1.54) is 16.5 Å². The van der Waals surface area contributed by atoms with E-state index in [0.717, 1.165) is 12.0 Å². The van der Waals surface area contributed by atoms with Gasteiger partial charge < -0.3 is 4.90 Å². The predicted molar refractivity (Wildman–Crippen MR) is 104 cm³/mol. The molecule has 26 heavy (non-hydrogen) atoms. The minimum Gasteiger partial charge on any atom is -0.334 e. The highest BCUT2D eigenvalue weighted by atomic mass is 32.2. The summed E-state index contributed by atoms with van der Waals surface area (Å²) >= 11 is 1.72. The fourth-order valence-electron chi connectivity index (χ4n) is 3.05. The van der Waals surface area contributed by atoms with Gasteiger partial charge in [-0.05, 0) is 68.8 Å². The SMILES string of the molecule is Cc1ccc(S(=O)(=O)NC(C)(C)C)cc1C(=O)N1CCc2sccc2C1. The van der Waals surface area contributed by atoms with Gasteiger partial charge in [0.25, 0.3) is 5.91 Å². The van der Waals surface area contributed by atoms with Gasteiger partial charge in [-0.2, -0.15) is 0 Å². The van der Waals surface area contributed by atoms with Gasteiger partial charge >= 0.3 is 0 Å². The number of benzene rings is 1. The molecule has 0 bridgehead atoms. The Kier molecular flexibility index (Phi) is 4.98. The monoisotopic (exact) mass is 392 g/mol. The lowest BCUT2D eigenvalue weighted by Crippen LogP contribution is -2.40. The van der Waals surface area contributed by atoms with E-state index in [0.29, 0.717) is 18.7 Å². The molecule has 0 saturated carbocycles. The molecule has 0 spiro atoms. The lowest BCUT2D eigenvalue weighted by molar-refractivity contribution is 0.0735. The smallest absolute Gasteiger partial charge is 0.254 e. The number of carbonyl (C=O) groups is 1. The Morgan fingerprint density at radius 3 is 2.65 bits per heavy atom. The molecule has 0 fully saturated rings. The summed E-state index contributed by atoms with van der Waals surface area (Å²) in [5.74, 6) is -0.118. The first-order valence-electron chi connectivity index (χ1n) is 8.56. The summed E-state index contributed by atoms with van der Waals surface area (Å²) in [7, 11) is -3.68. The number of hydrogen-bond donors (Lipinski definition) is 1. The fourth-order valence-corrected chi connectivity index (χ4v) is 5.39. The molecule has 0 atom stereocenters. The molecule has 2 aromatic rings. The van der Waals surface area contributed by atoms with E-state index >= 15 is 0 Å². The standard InChI is InChI=1S/C19H24N2O3S2/c1-13-5-6-15(26(23,24)20-19(2,3)4)11-16(13)18(22)21-9-7-17-14(12-21)8-10-25-17/h5-6,8,10-11,20H,7,9,12H2,1-4H3. The van der Waals surface area contributed by atoms with E-state index < -0.39 is 15.6 Å². The van der Waals surface area contributed by atoms with Crippen molar-refractivity contribution in [2.24, 2.45) is 0 Å². The second-order valence-corrected chi connectivity index (χ2v) is 10.4. The van der Waals surface area contributed by atoms with E-state index in [-0.39, 0.29) is 10.8 Å². The number of sulfonamides is 1. The second kappa shape index (κ2) is 6.79. The number of hydrogen-bond acceptors (Lipinski definition) is 4. The topological polar surface area (TPSA) is 66.5 Å². The summed E-state index contributed by atoms with van der Waals surface area (Å²) in [6.45, 7) is 8.43. The molecule has 2 heterocycles. The third kappa shape index (κ3) is 4.00. The number of carbonyl (C=O) groups excluding carboxylic acids is 1. The van der Waals surface area contributed by atoms with Crippen LogP contribution in [0.1, 0.15) is 47.1 Å². The van der Waals surface area contributed by atoms with Crippen molar-refractivity contribution in [1.82, 2.24) is 9.62 Å². The highest BCUT2D eigenvalue weighted by Gasteiger charge is 2.26. The molecule has 5 nitrogen and oxygen atoms in total. The molecule has 0 unspecified atom stereocenters. The number of amides is 1. The van der Waals surface area contributed by atoms with Gasteiger partial charge in [-0.1, -0.05) is 6.07 Å². The normalized spacial score (nSPS) is 15.0. The maximum Gasteiger partial charge on any atom is 0.254 e. The summed E-state index contributed by atoms with van der Waals surface area (Å²) in [6, 6.07) is 6.80. The Labute approximate surface area is 159 Å². The largest absolute Gasteiger partial charge is 0.334 e. The van der Waals surface area contributed by atoms with Crippen LogP contribution in [0.2, 0.25) is 0 Å². The second-order valence-electron chi connectivity index (χ2n) is 7.68.